The summed E-state index contributed by atoms with van der Waals surface area (Å²) in [5.41, 5.74) is 8.52. The molecule has 3 nitrogen and oxygen atoms in total. The van der Waals surface area contributed by atoms with Crippen LogP contribution in [0.1, 0.15) is 99.5 Å². The first-order chi connectivity index (χ1) is 21.0. The highest BCUT2D eigenvalue weighted by Gasteiger charge is 2.06. The van der Waals surface area contributed by atoms with Crippen LogP contribution >= 0.6 is 0 Å². The number of rotatable bonds is 20. The molecule has 3 heteroatoms. The molecule has 0 bridgehead atoms. The molecule has 0 spiro atoms. The van der Waals surface area contributed by atoms with Gasteiger partial charge in [0.2, 0.25) is 0 Å². The van der Waals surface area contributed by atoms with Crippen LogP contribution in [0.2, 0.25) is 0 Å². The maximum absolute atomic E-state index is 4.57. The van der Waals surface area contributed by atoms with Crippen molar-refractivity contribution in [1.82, 2.24) is 0 Å². The van der Waals surface area contributed by atoms with Gasteiger partial charge in [-0.3, -0.25) is 4.99 Å². The second-order valence-corrected chi connectivity index (χ2v) is 12.3. The van der Waals surface area contributed by atoms with Gasteiger partial charge in [-0.15, -0.1) is 0 Å². The minimum absolute atomic E-state index is 0.923. The lowest BCUT2D eigenvalue weighted by atomic mass is 9.95. The topological polar surface area (TPSA) is 20.1 Å². The summed E-state index contributed by atoms with van der Waals surface area (Å²) in [5.74, 6) is 0. The molecule has 0 N–H and O–H groups in total. The molecule has 0 aliphatic carbocycles. The van der Waals surface area contributed by atoms with Crippen molar-refractivity contribution in [2.75, 3.05) is 6.54 Å². The average Bonchev–Trinajstić information content (AvgIpc) is 3.00. The minimum Gasteiger partial charge on any atom is -0.293 e. The van der Waals surface area contributed by atoms with Gasteiger partial charge < -0.3 is 0 Å². The summed E-state index contributed by atoms with van der Waals surface area (Å²) in [5, 5.41) is 0. The predicted molar refractivity (Wildman–Crippen MR) is 184 cm³/mol. The van der Waals surface area contributed by atoms with Crippen LogP contribution in [0.3, 0.4) is 0 Å². The average molecular weight is 580 g/mol. The fourth-order valence-corrected chi connectivity index (χ4v) is 5.51. The van der Waals surface area contributed by atoms with Gasteiger partial charge in [0.15, 0.2) is 24.8 Å². The minimum atomic E-state index is 0.923. The van der Waals surface area contributed by atoms with Crippen molar-refractivity contribution >= 4 is 6.21 Å². The van der Waals surface area contributed by atoms with Crippen LogP contribution in [0.5, 0.6) is 0 Å². The molecule has 2 heterocycles. The molecule has 0 radical (unpaired) electrons. The normalized spacial score (nSPS) is 12.1. The largest absolute Gasteiger partial charge is 0.293 e. The van der Waals surface area contributed by atoms with Gasteiger partial charge in [0.05, 0.1) is 0 Å². The first-order valence-electron chi connectivity index (χ1n) is 16.8. The highest BCUT2D eigenvalue weighted by Crippen LogP contribution is 2.18. The van der Waals surface area contributed by atoms with E-state index in [0.717, 1.165) is 26.1 Å². The molecule has 1 aromatic carbocycles. The third-order valence-electron chi connectivity index (χ3n) is 8.12. The Labute approximate surface area is 263 Å². The Morgan fingerprint density at radius 1 is 0.628 bits per heavy atom. The van der Waals surface area contributed by atoms with Gasteiger partial charge in [-0.1, -0.05) is 36.8 Å². The van der Waals surface area contributed by atoms with Crippen LogP contribution in [-0.2, 0) is 32.4 Å². The van der Waals surface area contributed by atoms with Gasteiger partial charge in [-0.25, -0.2) is 9.13 Å². The molecule has 3 aromatic rings. The summed E-state index contributed by atoms with van der Waals surface area (Å²) in [6.45, 7) is 11.6. The second kappa shape index (κ2) is 20.6. The monoisotopic (exact) mass is 579 g/mol. The Morgan fingerprint density at radius 3 is 1.51 bits per heavy atom. The van der Waals surface area contributed by atoms with Crippen molar-refractivity contribution < 1.29 is 9.13 Å². The predicted octanol–water partition coefficient (Wildman–Crippen LogP) is 9.01. The molecule has 0 unspecified atom stereocenters. The number of aryl methyl sites for hydroxylation is 7. The lowest BCUT2D eigenvalue weighted by molar-refractivity contribution is -0.697. The van der Waals surface area contributed by atoms with Crippen molar-refractivity contribution in [3.8, 4) is 0 Å². The summed E-state index contributed by atoms with van der Waals surface area (Å²) in [7, 11) is 0. The molecular formula is C40H57N3+2. The van der Waals surface area contributed by atoms with Gasteiger partial charge in [0.25, 0.3) is 0 Å². The molecule has 2 aromatic heterocycles. The summed E-state index contributed by atoms with van der Waals surface area (Å²) in [4.78, 5) is 4.57. The van der Waals surface area contributed by atoms with Crippen molar-refractivity contribution in [1.29, 1.82) is 0 Å². The molecule has 230 valence electrons. The van der Waals surface area contributed by atoms with Gasteiger partial charge in [0, 0.05) is 49.9 Å². The van der Waals surface area contributed by atoms with E-state index in [-0.39, 0.29) is 0 Å². The Bertz CT molecular complexity index is 1190. The maximum atomic E-state index is 4.57. The highest BCUT2D eigenvalue weighted by atomic mass is 14.9. The first-order valence-corrected chi connectivity index (χ1v) is 16.8. The highest BCUT2D eigenvalue weighted by molar-refractivity contribution is 5.72. The molecule has 0 aliphatic rings. The van der Waals surface area contributed by atoms with E-state index in [1.165, 1.54) is 92.9 Å². The SMILES string of the molecule is C\C=C/C(C)=C\C=N\CCCCCc1cc(CCCCC[n+]2ccc(C)cc2)cc(CCCCC[n+]2ccc(C)cc2)c1. The molecule has 3 rings (SSSR count). The van der Waals surface area contributed by atoms with Crippen LogP contribution in [0, 0.1) is 13.8 Å². The molecule has 0 saturated heterocycles. The van der Waals surface area contributed by atoms with Gasteiger partial charge >= 0.3 is 0 Å². The van der Waals surface area contributed by atoms with E-state index in [4.69, 9.17) is 0 Å². The van der Waals surface area contributed by atoms with Crippen molar-refractivity contribution in [2.45, 2.75) is 118 Å². The molecule has 0 saturated carbocycles. The van der Waals surface area contributed by atoms with Crippen molar-refractivity contribution in [3.63, 3.8) is 0 Å². The summed E-state index contributed by atoms with van der Waals surface area (Å²) in [6, 6.07) is 16.3. The summed E-state index contributed by atoms with van der Waals surface area (Å²) < 4.78 is 4.63. The number of aromatic nitrogens is 2. The van der Waals surface area contributed by atoms with Crippen LogP contribution in [0.4, 0.5) is 0 Å². The molecular weight excluding hydrogens is 522 g/mol. The maximum Gasteiger partial charge on any atom is 0.169 e. The second-order valence-electron chi connectivity index (χ2n) is 12.3. The van der Waals surface area contributed by atoms with E-state index >= 15 is 0 Å². The summed E-state index contributed by atoms with van der Waals surface area (Å²) >= 11 is 0. The molecule has 0 aliphatic heterocycles. The lowest BCUT2D eigenvalue weighted by Crippen LogP contribution is -2.32. The number of unbranched alkanes of at least 4 members (excludes halogenated alkanes) is 6. The zero-order chi connectivity index (χ0) is 30.5. The van der Waals surface area contributed by atoms with Gasteiger partial charge in [-0.2, -0.15) is 0 Å². The quantitative estimate of drug-likeness (QED) is 0.0551. The third-order valence-corrected chi connectivity index (χ3v) is 8.12. The van der Waals surface area contributed by atoms with E-state index in [2.05, 4.69) is 120 Å². The van der Waals surface area contributed by atoms with E-state index in [0.29, 0.717) is 0 Å². The van der Waals surface area contributed by atoms with Crippen LogP contribution in [0.15, 0.2) is 96.0 Å². The fraction of sp³-hybridized carbons (Fsp3) is 0.475. The van der Waals surface area contributed by atoms with Crippen LogP contribution < -0.4 is 9.13 Å². The lowest BCUT2D eigenvalue weighted by Gasteiger charge is -2.11. The molecule has 0 atom stereocenters. The number of allylic oxidation sites excluding steroid dienone is 4. The number of hydrogen-bond donors (Lipinski definition) is 0. The molecule has 43 heavy (non-hydrogen) atoms. The van der Waals surface area contributed by atoms with Crippen molar-refractivity contribution in [2.24, 2.45) is 4.99 Å². The zero-order valence-electron chi connectivity index (χ0n) is 27.6. The zero-order valence-corrected chi connectivity index (χ0v) is 27.6. The Balaban J connectivity index is 1.45. The van der Waals surface area contributed by atoms with E-state index < -0.39 is 0 Å². The summed E-state index contributed by atoms with van der Waals surface area (Å²) in [6.07, 6.45) is 31.9. The van der Waals surface area contributed by atoms with Crippen LogP contribution in [-0.4, -0.2) is 12.8 Å². The number of benzene rings is 1. The number of hydrogen-bond acceptors (Lipinski definition) is 1. The fourth-order valence-electron chi connectivity index (χ4n) is 5.51. The first kappa shape index (κ1) is 34.2. The van der Waals surface area contributed by atoms with E-state index in [9.17, 15) is 0 Å². The molecule has 0 fully saturated rings. The Morgan fingerprint density at radius 2 is 1.07 bits per heavy atom. The Hall–Kier alpha value is -3.33. The number of nitrogens with zero attached hydrogens (tertiary/aromatic N) is 3. The van der Waals surface area contributed by atoms with Crippen molar-refractivity contribution in [3.05, 3.63) is 119 Å². The smallest absolute Gasteiger partial charge is 0.169 e. The third kappa shape index (κ3) is 15.1. The standard InChI is InChI=1S/C40H57N3/c1-5-15-35(2)19-25-41-24-12-6-9-16-38-32-39(17-10-7-13-26-42-28-20-36(3)21-29-42)34-40(33-38)18-11-8-14-27-43-30-22-37(4)23-31-43/h5,15,19-23,25,28-34H,6-14,16-18,24,26-27H2,1-4H3/q+2/b15-5-,35-19-,41-25+. The van der Waals surface area contributed by atoms with Crippen LogP contribution in [0.25, 0.3) is 0 Å². The van der Waals surface area contributed by atoms with Gasteiger partial charge in [0.1, 0.15) is 13.1 Å². The van der Waals surface area contributed by atoms with Gasteiger partial charge in [-0.05, 0) is 125 Å². The number of pyridine rings is 2. The molecule has 0 amide bonds. The Kier molecular flexibility index (Phi) is 16.3. The van der Waals surface area contributed by atoms with E-state index in [1.54, 1.807) is 11.1 Å². The number of aliphatic imine (C=N–C) groups is 1. The van der Waals surface area contributed by atoms with E-state index in [1.807, 2.05) is 13.1 Å².